The van der Waals surface area contributed by atoms with E-state index in [1.807, 2.05) is 0 Å². The van der Waals surface area contributed by atoms with E-state index in [0.29, 0.717) is 16.5 Å². The number of carbonyl (C=O) groups excluding carboxylic acids is 1. The fourth-order valence-electron chi connectivity index (χ4n) is 2.58. The normalized spacial score (nSPS) is 15.3. The molecule has 0 atom stereocenters. The van der Waals surface area contributed by atoms with Gasteiger partial charge in [0.15, 0.2) is 0 Å². The molecule has 138 valence electrons. The highest BCUT2D eigenvalue weighted by Gasteiger charge is 2.37. The van der Waals surface area contributed by atoms with Crippen LogP contribution in [-0.2, 0) is 21.2 Å². The molecule has 0 aliphatic carbocycles. The highest BCUT2D eigenvalue weighted by Crippen LogP contribution is 2.23. The van der Waals surface area contributed by atoms with Crippen LogP contribution in [0.4, 0.5) is 0 Å². The molecule has 26 heavy (non-hydrogen) atoms. The molecule has 0 bridgehead atoms. The number of ether oxygens (including phenoxy) is 1. The van der Waals surface area contributed by atoms with Gasteiger partial charge in [0, 0.05) is 25.0 Å². The van der Waals surface area contributed by atoms with Gasteiger partial charge in [0.2, 0.25) is 15.9 Å². The SMILES string of the molecule is COc1ccc(S(=O)(=O)N2CC(NC(=O)Cc3ccc(Cl)cn3)C2)cc1. The molecular formula is C17H18ClN3O4S. The highest BCUT2D eigenvalue weighted by molar-refractivity contribution is 7.89. The average molecular weight is 396 g/mol. The lowest BCUT2D eigenvalue weighted by molar-refractivity contribution is -0.121. The van der Waals surface area contributed by atoms with E-state index in [0.717, 1.165) is 0 Å². The zero-order valence-corrected chi connectivity index (χ0v) is 15.6. The molecular weight excluding hydrogens is 378 g/mol. The molecule has 2 heterocycles. The van der Waals surface area contributed by atoms with Crippen LogP contribution in [0.2, 0.25) is 5.02 Å². The Bertz CT molecular complexity index is 879. The van der Waals surface area contributed by atoms with Crippen molar-refractivity contribution in [1.82, 2.24) is 14.6 Å². The molecule has 2 aromatic rings. The largest absolute Gasteiger partial charge is 0.497 e. The van der Waals surface area contributed by atoms with E-state index in [2.05, 4.69) is 10.3 Å². The quantitative estimate of drug-likeness (QED) is 0.800. The lowest BCUT2D eigenvalue weighted by Crippen LogP contribution is -2.60. The molecule has 1 aromatic heterocycles. The van der Waals surface area contributed by atoms with Gasteiger partial charge in [0.1, 0.15) is 5.75 Å². The van der Waals surface area contributed by atoms with Gasteiger partial charge >= 0.3 is 0 Å². The zero-order chi connectivity index (χ0) is 18.7. The molecule has 0 unspecified atom stereocenters. The molecule has 1 saturated heterocycles. The van der Waals surface area contributed by atoms with Crippen LogP contribution in [0.5, 0.6) is 5.75 Å². The number of methoxy groups -OCH3 is 1. The number of carbonyl (C=O) groups is 1. The molecule has 1 aromatic carbocycles. The number of hydrogen-bond acceptors (Lipinski definition) is 5. The second-order valence-electron chi connectivity index (χ2n) is 5.91. The molecule has 7 nitrogen and oxygen atoms in total. The minimum atomic E-state index is -3.56. The number of sulfonamides is 1. The van der Waals surface area contributed by atoms with Crippen LogP contribution in [0.15, 0.2) is 47.5 Å². The number of nitrogens with zero attached hydrogens (tertiary/aromatic N) is 2. The predicted molar refractivity (Wildman–Crippen MR) is 96.6 cm³/mol. The molecule has 0 saturated carbocycles. The first kappa shape index (κ1) is 18.6. The second-order valence-corrected chi connectivity index (χ2v) is 8.28. The molecule has 1 fully saturated rings. The Kier molecular flexibility index (Phi) is 5.45. The molecule has 0 radical (unpaired) electrons. The fraction of sp³-hybridized carbons (Fsp3) is 0.294. The van der Waals surface area contributed by atoms with Crippen LogP contribution in [0.1, 0.15) is 5.69 Å². The van der Waals surface area contributed by atoms with Gasteiger partial charge < -0.3 is 10.1 Å². The third kappa shape index (κ3) is 4.14. The van der Waals surface area contributed by atoms with Gasteiger partial charge in [0.25, 0.3) is 0 Å². The van der Waals surface area contributed by atoms with Crippen molar-refractivity contribution >= 4 is 27.5 Å². The number of halogens is 1. The van der Waals surface area contributed by atoms with Gasteiger partial charge in [-0.3, -0.25) is 9.78 Å². The summed E-state index contributed by atoms with van der Waals surface area (Å²) < 4.78 is 31.4. The van der Waals surface area contributed by atoms with Crippen molar-refractivity contribution in [2.24, 2.45) is 0 Å². The zero-order valence-electron chi connectivity index (χ0n) is 14.1. The van der Waals surface area contributed by atoms with Gasteiger partial charge in [-0.25, -0.2) is 8.42 Å². The smallest absolute Gasteiger partial charge is 0.243 e. The Hall–Kier alpha value is -2.16. The van der Waals surface area contributed by atoms with Crippen molar-refractivity contribution < 1.29 is 17.9 Å². The van der Waals surface area contributed by atoms with Gasteiger partial charge in [-0.2, -0.15) is 4.31 Å². The Morgan fingerprint density at radius 2 is 1.96 bits per heavy atom. The van der Waals surface area contributed by atoms with Crippen LogP contribution in [-0.4, -0.2) is 49.9 Å². The topological polar surface area (TPSA) is 88.6 Å². The standard InChI is InChI=1S/C17H18ClN3O4S/c1-25-15-4-6-16(7-5-15)26(23,24)21-10-14(11-21)20-17(22)8-13-3-2-12(18)9-19-13/h2-7,9,14H,8,10-11H2,1H3,(H,20,22). The average Bonchev–Trinajstić information content (AvgIpc) is 2.59. The van der Waals surface area contributed by atoms with Crippen molar-refractivity contribution in [3.8, 4) is 5.75 Å². The summed E-state index contributed by atoms with van der Waals surface area (Å²) in [6.07, 6.45) is 1.61. The van der Waals surface area contributed by atoms with Crippen LogP contribution < -0.4 is 10.1 Å². The number of amides is 1. The molecule has 3 rings (SSSR count). The first-order chi connectivity index (χ1) is 12.4. The van der Waals surface area contributed by atoms with Crippen molar-refractivity contribution in [2.75, 3.05) is 20.2 Å². The Labute approximate surface area is 157 Å². The Morgan fingerprint density at radius 3 is 2.54 bits per heavy atom. The Balaban J connectivity index is 1.52. The van der Waals surface area contributed by atoms with E-state index in [1.54, 1.807) is 24.3 Å². The van der Waals surface area contributed by atoms with Gasteiger partial charge in [-0.1, -0.05) is 11.6 Å². The minimum absolute atomic E-state index is 0.124. The molecule has 0 spiro atoms. The van der Waals surface area contributed by atoms with E-state index in [-0.39, 0.29) is 36.4 Å². The number of pyridine rings is 1. The summed E-state index contributed by atoms with van der Waals surface area (Å²) in [5, 5.41) is 3.32. The molecule has 1 amide bonds. The molecule has 1 aliphatic heterocycles. The number of benzene rings is 1. The first-order valence-electron chi connectivity index (χ1n) is 7.92. The van der Waals surface area contributed by atoms with Crippen molar-refractivity contribution in [1.29, 1.82) is 0 Å². The number of nitrogens with one attached hydrogen (secondary N) is 1. The van der Waals surface area contributed by atoms with E-state index in [4.69, 9.17) is 16.3 Å². The number of rotatable bonds is 6. The van der Waals surface area contributed by atoms with Crippen molar-refractivity contribution in [2.45, 2.75) is 17.4 Å². The van der Waals surface area contributed by atoms with E-state index < -0.39 is 10.0 Å². The lowest BCUT2D eigenvalue weighted by atomic mass is 10.1. The van der Waals surface area contributed by atoms with Gasteiger partial charge in [0.05, 0.1) is 29.5 Å². The summed E-state index contributed by atoms with van der Waals surface area (Å²) in [6.45, 7) is 0.488. The summed E-state index contributed by atoms with van der Waals surface area (Å²) in [7, 11) is -2.04. The molecule has 1 N–H and O–H groups in total. The van der Waals surface area contributed by atoms with Crippen molar-refractivity contribution in [3.05, 3.63) is 53.3 Å². The number of hydrogen-bond donors (Lipinski definition) is 1. The summed E-state index contributed by atoms with van der Waals surface area (Å²) in [6, 6.07) is 9.37. The van der Waals surface area contributed by atoms with Gasteiger partial charge in [-0.05, 0) is 36.4 Å². The summed E-state index contributed by atoms with van der Waals surface area (Å²) in [5.74, 6) is 0.389. The van der Waals surface area contributed by atoms with Crippen LogP contribution in [0.25, 0.3) is 0 Å². The monoisotopic (exact) mass is 395 g/mol. The molecule has 1 aliphatic rings. The second kappa shape index (κ2) is 7.61. The maximum atomic E-state index is 12.5. The van der Waals surface area contributed by atoms with Crippen LogP contribution in [0.3, 0.4) is 0 Å². The maximum Gasteiger partial charge on any atom is 0.243 e. The first-order valence-corrected chi connectivity index (χ1v) is 9.74. The highest BCUT2D eigenvalue weighted by atomic mass is 35.5. The van der Waals surface area contributed by atoms with E-state index in [9.17, 15) is 13.2 Å². The summed E-state index contributed by atoms with van der Waals surface area (Å²) in [4.78, 5) is 16.3. The lowest BCUT2D eigenvalue weighted by Gasteiger charge is -2.38. The minimum Gasteiger partial charge on any atom is -0.497 e. The third-order valence-electron chi connectivity index (χ3n) is 4.04. The molecule has 9 heteroatoms. The van der Waals surface area contributed by atoms with Crippen molar-refractivity contribution in [3.63, 3.8) is 0 Å². The van der Waals surface area contributed by atoms with Gasteiger partial charge in [-0.15, -0.1) is 0 Å². The van der Waals surface area contributed by atoms with E-state index >= 15 is 0 Å². The maximum absolute atomic E-state index is 12.5. The Morgan fingerprint density at radius 1 is 1.27 bits per heavy atom. The fourth-order valence-corrected chi connectivity index (χ4v) is 4.22. The van der Waals surface area contributed by atoms with E-state index in [1.165, 1.54) is 29.7 Å². The summed E-state index contributed by atoms with van der Waals surface area (Å²) in [5.41, 5.74) is 0.605. The summed E-state index contributed by atoms with van der Waals surface area (Å²) >= 11 is 5.76. The van der Waals surface area contributed by atoms with Crippen LogP contribution >= 0.6 is 11.6 Å². The third-order valence-corrected chi connectivity index (χ3v) is 6.11. The predicted octanol–water partition coefficient (Wildman–Crippen LogP) is 1.48. The number of aromatic nitrogens is 1. The van der Waals surface area contributed by atoms with Crippen LogP contribution in [0, 0.1) is 0 Å².